The molecule has 0 saturated carbocycles. The number of rotatable bonds is 4. The van der Waals surface area contributed by atoms with Crippen LogP contribution in [-0.2, 0) is 0 Å². The maximum absolute atomic E-state index is 6.02. The van der Waals surface area contributed by atoms with Crippen LogP contribution in [-0.4, -0.2) is 13.1 Å². The molecule has 0 unspecified atom stereocenters. The molecule has 0 saturated heterocycles. The Bertz CT molecular complexity index is 668. The van der Waals surface area contributed by atoms with Gasteiger partial charge in [-0.1, -0.05) is 13.2 Å². The van der Waals surface area contributed by atoms with Crippen molar-refractivity contribution in [2.45, 2.75) is 0 Å². The lowest BCUT2D eigenvalue weighted by atomic mass is 10.1. The van der Waals surface area contributed by atoms with Gasteiger partial charge in [-0.05, 0) is 36.4 Å². The first-order valence-electron chi connectivity index (χ1n) is 7.02. The molecule has 0 aliphatic carbocycles. The van der Waals surface area contributed by atoms with Gasteiger partial charge >= 0.3 is 0 Å². The second-order valence-corrected chi connectivity index (χ2v) is 5.46. The SMILES string of the molecule is C=CC[N+]1(CC=C)c2cc(N)ccc2-c2ccc(N)cc21. The Morgan fingerprint density at radius 2 is 1.24 bits per heavy atom. The molecule has 3 rings (SSSR count). The summed E-state index contributed by atoms with van der Waals surface area (Å²) >= 11 is 0. The average molecular weight is 278 g/mol. The molecule has 0 bridgehead atoms. The summed E-state index contributed by atoms with van der Waals surface area (Å²) in [6.07, 6.45) is 3.88. The lowest BCUT2D eigenvalue weighted by molar-refractivity contribution is 0.473. The number of benzene rings is 2. The minimum atomic E-state index is 0.647. The Labute approximate surface area is 125 Å². The summed E-state index contributed by atoms with van der Waals surface area (Å²) in [6.45, 7) is 9.41. The van der Waals surface area contributed by atoms with Crippen molar-refractivity contribution in [3.05, 3.63) is 61.7 Å². The average Bonchev–Trinajstić information content (AvgIpc) is 2.70. The third kappa shape index (κ3) is 1.86. The van der Waals surface area contributed by atoms with E-state index in [1.165, 1.54) is 22.5 Å². The third-order valence-corrected chi connectivity index (χ3v) is 4.14. The standard InChI is InChI=1S/C18H20N3/c1-3-9-21(10-4-2)17-11-13(19)5-7-15(17)16-8-6-14(20)12-18(16)21/h3-8,11-12H,1-2,9-10,19-20H2/q+1. The summed E-state index contributed by atoms with van der Waals surface area (Å²) in [5, 5.41) is 0. The van der Waals surface area contributed by atoms with Crippen molar-refractivity contribution in [1.82, 2.24) is 4.48 Å². The van der Waals surface area contributed by atoms with Gasteiger partial charge in [0.1, 0.15) is 24.5 Å². The predicted octanol–water partition coefficient (Wildman–Crippen LogP) is 3.84. The molecule has 2 aromatic carbocycles. The molecule has 106 valence electrons. The zero-order valence-corrected chi connectivity index (χ0v) is 12.0. The van der Waals surface area contributed by atoms with Crippen LogP contribution in [0.2, 0.25) is 0 Å². The van der Waals surface area contributed by atoms with E-state index in [0.717, 1.165) is 24.5 Å². The number of nitrogen functional groups attached to an aromatic ring is 2. The zero-order valence-electron chi connectivity index (χ0n) is 12.0. The van der Waals surface area contributed by atoms with E-state index in [1.807, 2.05) is 24.3 Å². The molecule has 2 aromatic rings. The van der Waals surface area contributed by atoms with Gasteiger partial charge in [0.25, 0.3) is 0 Å². The molecule has 3 nitrogen and oxygen atoms in total. The van der Waals surface area contributed by atoms with Gasteiger partial charge < -0.3 is 11.5 Å². The molecule has 0 radical (unpaired) electrons. The van der Waals surface area contributed by atoms with Crippen molar-refractivity contribution in [1.29, 1.82) is 0 Å². The maximum Gasteiger partial charge on any atom is 0.148 e. The molecular formula is C18H20N3+. The molecule has 1 heterocycles. The summed E-state index contributed by atoms with van der Waals surface area (Å²) in [6, 6.07) is 12.2. The molecule has 3 heteroatoms. The second-order valence-electron chi connectivity index (χ2n) is 5.46. The quantitative estimate of drug-likeness (QED) is 0.507. The Hall–Kier alpha value is -2.52. The number of quaternary nitrogens is 1. The molecule has 1 aliphatic heterocycles. The number of nitrogens with two attached hydrogens (primary N) is 2. The highest BCUT2D eigenvalue weighted by atomic mass is 15.4. The largest absolute Gasteiger partial charge is 0.399 e. The fourth-order valence-corrected chi connectivity index (χ4v) is 3.30. The predicted molar refractivity (Wildman–Crippen MR) is 92.3 cm³/mol. The summed E-state index contributed by atoms with van der Waals surface area (Å²) in [5.41, 5.74) is 18.4. The van der Waals surface area contributed by atoms with Gasteiger partial charge in [0.2, 0.25) is 0 Å². The van der Waals surface area contributed by atoms with E-state index < -0.39 is 0 Å². The van der Waals surface area contributed by atoms with Crippen molar-refractivity contribution in [2.75, 3.05) is 24.6 Å². The summed E-state index contributed by atoms with van der Waals surface area (Å²) in [7, 11) is 0. The van der Waals surface area contributed by atoms with Gasteiger partial charge in [0, 0.05) is 34.6 Å². The molecule has 0 fully saturated rings. The monoisotopic (exact) mass is 278 g/mol. The lowest BCUT2D eigenvalue weighted by Crippen LogP contribution is -2.43. The van der Waals surface area contributed by atoms with Crippen molar-refractivity contribution < 1.29 is 0 Å². The van der Waals surface area contributed by atoms with Crippen molar-refractivity contribution in [3.63, 3.8) is 0 Å². The minimum Gasteiger partial charge on any atom is -0.399 e. The fraction of sp³-hybridized carbons (Fsp3) is 0.111. The van der Waals surface area contributed by atoms with Crippen LogP contribution < -0.4 is 16.0 Å². The van der Waals surface area contributed by atoms with Crippen LogP contribution in [0.1, 0.15) is 0 Å². The molecule has 21 heavy (non-hydrogen) atoms. The minimum absolute atomic E-state index is 0.647. The highest BCUT2D eigenvalue weighted by Crippen LogP contribution is 2.53. The molecule has 0 aromatic heterocycles. The van der Waals surface area contributed by atoms with Crippen LogP contribution in [0.5, 0.6) is 0 Å². The van der Waals surface area contributed by atoms with E-state index >= 15 is 0 Å². The van der Waals surface area contributed by atoms with Crippen LogP contribution in [0.3, 0.4) is 0 Å². The van der Waals surface area contributed by atoms with E-state index in [-0.39, 0.29) is 0 Å². The van der Waals surface area contributed by atoms with Crippen LogP contribution >= 0.6 is 0 Å². The van der Waals surface area contributed by atoms with Crippen molar-refractivity contribution >= 4 is 22.7 Å². The maximum atomic E-state index is 6.02. The smallest absolute Gasteiger partial charge is 0.148 e. The highest BCUT2D eigenvalue weighted by Gasteiger charge is 2.42. The van der Waals surface area contributed by atoms with E-state index in [1.54, 1.807) is 0 Å². The van der Waals surface area contributed by atoms with Gasteiger partial charge in [0.15, 0.2) is 0 Å². The Kier molecular flexibility index (Phi) is 3.07. The topological polar surface area (TPSA) is 52.0 Å². The summed E-state index contributed by atoms with van der Waals surface area (Å²) in [4.78, 5) is 0. The molecular weight excluding hydrogens is 258 g/mol. The van der Waals surface area contributed by atoms with Crippen molar-refractivity contribution in [2.24, 2.45) is 0 Å². The number of hydrogen-bond donors (Lipinski definition) is 2. The normalized spacial score (nSPS) is 14.3. The third-order valence-electron chi connectivity index (χ3n) is 4.14. The number of nitrogens with zero attached hydrogens (tertiary/aromatic N) is 1. The van der Waals surface area contributed by atoms with E-state index in [4.69, 9.17) is 11.5 Å². The van der Waals surface area contributed by atoms with E-state index in [0.29, 0.717) is 4.48 Å². The van der Waals surface area contributed by atoms with Gasteiger partial charge in [-0.15, -0.1) is 0 Å². The molecule has 0 atom stereocenters. The van der Waals surface area contributed by atoms with Crippen molar-refractivity contribution in [3.8, 4) is 11.1 Å². The van der Waals surface area contributed by atoms with E-state index in [2.05, 4.69) is 37.4 Å². The van der Waals surface area contributed by atoms with Gasteiger partial charge in [-0.3, -0.25) is 4.48 Å². The first-order valence-corrected chi connectivity index (χ1v) is 7.02. The first kappa shape index (κ1) is 13.5. The van der Waals surface area contributed by atoms with Crippen LogP contribution in [0, 0.1) is 0 Å². The Morgan fingerprint density at radius 1 is 0.810 bits per heavy atom. The Morgan fingerprint density at radius 3 is 1.62 bits per heavy atom. The lowest BCUT2D eigenvalue weighted by Gasteiger charge is -2.33. The number of anilines is 2. The zero-order chi connectivity index (χ0) is 15.0. The fourth-order valence-electron chi connectivity index (χ4n) is 3.30. The first-order chi connectivity index (χ1) is 10.1. The van der Waals surface area contributed by atoms with E-state index in [9.17, 15) is 0 Å². The Balaban J connectivity index is 2.37. The molecule has 1 aliphatic rings. The highest BCUT2D eigenvalue weighted by molar-refractivity contribution is 5.97. The summed E-state index contributed by atoms with van der Waals surface area (Å²) < 4.78 is 0.647. The molecule has 0 spiro atoms. The molecule has 0 amide bonds. The number of hydrogen-bond acceptors (Lipinski definition) is 2. The number of fused-ring (bicyclic) bond motifs is 3. The van der Waals surface area contributed by atoms with Gasteiger partial charge in [-0.2, -0.15) is 0 Å². The van der Waals surface area contributed by atoms with Gasteiger partial charge in [0.05, 0.1) is 0 Å². The van der Waals surface area contributed by atoms with Crippen LogP contribution in [0.15, 0.2) is 61.7 Å². The summed E-state index contributed by atoms with van der Waals surface area (Å²) in [5.74, 6) is 0. The van der Waals surface area contributed by atoms with Crippen LogP contribution in [0.25, 0.3) is 11.1 Å². The molecule has 4 N–H and O–H groups in total. The second kappa shape index (κ2) is 4.79. The van der Waals surface area contributed by atoms with Gasteiger partial charge in [-0.25, -0.2) is 0 Å². The van der Waals surface area contributed by atoms with Crippen LogP contribution in [0.4, 0.5) is 22.7 Å².